The minimum absolute atomic E-state index is 0.290. The van der Waals surface area contributed by atoms with Gasteiger partial charge in [-0.1, -0.05) is 0 Å². The van der Waals surface area contributed by atoms with Crippen LogP contribution < -0.4 is 5.32 Å². The summed E-state index contributed by atoms with van der Waals surface area (Å²) in [6.07, 6.45) is 8.32. The first kappa shape index (κ1) is 17.1. The fourth-order valence-electron chi connectivity index (χ4n) is 2.81. The first-order chi connectivity index (χ1) is 12.1. The minimum atomic E-state index is -0.290. The molecule has 0 amide bonds. The molecule has 1 aliphatic rings. The molecule has 0 atom stereocenters. The lowest BCUT2D eigenvalue weighted by atomic mass is 10.1. The normalized spacial score (nSPS) is 14.7. The van der Waals surface area contributed by atoms with Gasteiger partial charge in [-0.3, -0.25) is 10.1 Å². The summed E-state index contributed by atoms with van der Waals surface area (Å²) in [7, 11) is 0. The smallest absolute Gasteiger partial charge is 0.141 e. The van der Waals surface area contributed by atoms with Crippen LogP contribution in [0.15, 0.2) is 47.1 Å². The summed E-state index contributed by atoms with van der Waals surface area (Å²) in [5.41, 5.74) is 4.42. The topological polar surface area (TPSA) is 69.2 Å². The lowest BCUT2D eigenvalue weighted by Crippen LogP contribution is -2.36. The maximum absolute atomic E-state index is 13.2. The number of aromatic nitrogens is 3. The average Bonchev–Trinajstić information content (AvgIpc) is 3.11. The van der Waals surface area contributed by atoms with Gasteiger partial charge in [0.15, 0.2) is 0 Å². The Morgan fingerprint density at radius 3 is 2.84 bits per heavy atom. The second kappa shape index (κ2) is 7.92. The quantitative estimate of drug-likeness (QED) is 0.845. The second-order valence-electron chi connectivity index (χ2n) is 6.17. The van der Waals surface area contributed by atoms with E-state index in [0.717, 1.165) is 42.9 Å². The van der Waals surface area contributed by atoms with Crippen LogP contribution in [0.5, 0.6) is 0 Å². The van der Waals surface area contributed by atoms with Gasteiger partial charge in [-0.05, 0) is 43.9 Å². The maximum atomic E-state index is 13.2. The van der Waals surface area contributed by atoms with Crippen molar-refractivity contribution in [2.75, 3.05) is 19.8 Å². The predicted molar refractivity (Wildman–Crippen MR) is 95.6 cm³/mol. The Balaban J connectivity index is 1.52. The molecule has 0 radical (unpaired) electrons. The Kier molecular flexibility index (Phi) is 5.42. The van der Waals surface area contributed by atoms with Crippen molar-refractivity contribution in [2.24, 2.45) is 4.99 Å². The van der Waals surface area contributed by atoms with E-state index in [4.69, 9.17) is 0 Å². The van der Waals surface area contributed by atoms with Crippen LogP contribution in [0.3, 0.4) is 0 Å². The van der Waals surface area contributed by atoms with Crippen molar-refractivity contribution >= 4 is 5.84 Å². The van der Waals surface area contributed by atoms with Crippen molar-refractivity contribution in [2.45, 2.75) is 26.7 Å². The molecule has 2 N–H and O–H groups in total. The van der Waals surface area contributed by atoms with Gasteiger partial charge in [0, 0.05) is 36.8 Å². The van der Waals surface area contributed by atoms with Gasteiger partial charge < -0.3 is 10.2 Å². The molecule has 0 spiro atoms. The number of H-pyrrole nitrogens is 1. The fraction of sp³-hybridized carbons (Fsp3) is 0.389. The van der Waals surface area contributed by atoms with Gasteiger partial charge in [0.1, 0.15) is 18.3 Å². The summed E-state index contributed by atoms with van der Waals surface area (Å²) in [5, 5.41) is 10.2. The number of pyridine rings is 1. The molecule has 132 valence electrons. The number of aromatic amines is 1. The zero-order valence-corrected chi connectivity index (χ0v) is 14.6. The zero-order valence-electron chi connectivity index (χ0n) is 14.6. The highest BCUT2D eigenvalue weighted by atomic mass is 19.1. The summed E-state index contributed by atoms with van der Waals surface area (Å²) in [6, 6.07) is 1.54. The van der Waals surface area contributed by atoms with E-state index >= 15 is 0 Å². The molecule has 0 aromatic carbocycles. The number of nitrogens with one attached hydrogen (secondary N) is 2. The van der Waals surface area contributed by atoms with E-state index in [1.165, 1.54) is 23.5 Å². The molecule has 0 aliphatic carbocycles. The van der Waals surface area contributed by atoms with Crippen molar-refractivity contribution in [3.05, 3.63) is 59.1 Å². The first-order valence-electron chi connectivity index (χ1n) is 8.41. The van der Waals surface area contributed by atoms with Crippen LogP contribution in [0.2, 0.25) is 0 Å². The van der Waals surface area contributed by atoms with E-state index < -0.39 is 0 Å². The van der Waals surface area contributed by atoms with E-state index in [2.05, 4.69) is 44.2 Å². The SMILES string of the molecule is CC1=C(C)N(CCc2cncc(F)c2)CN=C1NCCc1cn[nH]c1. The Hall–Kier alpha value is -2.70. The van der Waals surface area contributed by atoms with Gasteiger partial charge in [0.2, 0.25) is 0 Å². The molecule has 3 heterocycles. The highest BCUT2D eigenvalue weighted by molar-refractivity contribution is 5.98. The van der Waals surface area contributed by atoms with E-state index in [0.29, 0.717) is 6.67 Å². The van der Waals surface area contributed by atoms with Gasteiger partial charge in [-0.2, -0.15) is 5.10 Å². The molecule has 0 fully saturated rings. The molecule has 1 aliphatic heterocycles. The first-order valence-corrected chi connectivity index (χ1v) is 8.41. The number of rotatable bonds is 6. The van der Waals surface area contributed by atoms with Gasteiger partial charge >= 0.3 is 0 Å². The zero-order chi connectivity index (χ0) is 17.6. The van der Waals surface area contributed by atoms with E-state index in [9.17, 15) is 4.39 Å². The maximum Gasteiger partial charge on any atom is 0.141 e. The standard InChI is InChI=1S/C18H23FN6/c1-13-14(2)25(6-4-15-7-17(19)11-20-8-15)12-22-18(13)21-5-3-16-9-23-24-10-16/h7-11H,3-6,12H2,1-2H3,(H,21,22)(H,23,24). The van der Waals surface area contributed by atoms with E-state index in [1.807, 2.05) is 12.4 Å². The van der Waals surface area contributed by atoms with E-state index in [1.54, 1.807) is 6.20 Å². The van der Waals surface area contributed by atoms with Crippen molar-refractivity contribution in [1.82, 2.24) is 25.4 Å². The van der Waals surface area contributed by atoms with Crippen LogP contribution in [0.1, 0.15) is 25.0 Å². The third kappa shape index (κ3) is 4.43. The fourth-order valence-corrected chi connectivity index (χ4v) is 2.81. The predicted octanol–water partition coefficient (Wildman–Crippen LogP) is 2.28. The molecular formula is C18H23FN6. The summed E-state index contributed by atoms with van der Waals surface area (Å²) in [6.45, 7) is 6.40. The second-order valence-corrected chi connectivity index (χ2v) is 6.17. The number of aliphatic imine (C=N–C) groups is 1. The van der Waals surface area contributed by atoms with Crippen LogP contribution in [0.4, 0.5) is 4.39 Å². The number of allylic oxidation sites excluding steroid dienone is 1. The van der Waals surface area contributed by atoms with Crippen LogP contribution >= 0.6 is 0 Å². The molecule has 6 nitrogen and oxygen atoms in total. The third-order valence-electron chi connectivity index (χ3n) is 4.46. The number of halogens is 1. The molecule has 2 aromatic rings. The third-order valence-corrected chi connectivity index (χ3v) is 4.46. The largest absolute Gasteiger partial charge is 0.370 e. The molecule has 0 saturated carbocycles. The van der Waals surface area contributed by atoms with Crippen LogP contribution in [-0.4, -0.2) is 45.7 Å². The summed E-state index contributed by atoms with van der Waals surface area (Å²) in [5.74, 6) is 0.659. The van der Waals surface area contributed by atoms with Crippen molar-refractivity contribution in [3.63, 3.8) is 0 Å². The average molecular weight is 342 g/mol. The number of nitrogens with zero attached hydrogens (tertiary/aromatic N) is 4. The number of hydrogen-bond acceptors (Lipinski definition) is 5. The molecule has 0 bridgehead atoms. The Bertz CT molecular complexity index is 766. The Morgan fingerprint density at radius 2 is 2.08 bits per heavy atom. The monoisotopic (exact) mass is 342 g/mol. The van der Waals surface area contributed by atoms with Gasteiger partial charge in [-0.15, -0.1) is 0 Å². The van der Waals surface area contributed by atoms with Gasteiger partial charge in [-0.25, -0.2) is 9.38 Å². The minimum Gasteiger partial charge on any atom is -0.370 e. The Morgan fingerprint density at radius 1 is 1.20 bits per heavy atom. The van der Waals surface area contributed by atoms with Crippen LogP contribution in [0, 0.1) is 5.82 Å². The molecule has 25 heavy (non-hydrogen) atoms. The molecule has 2 aromatic heterocycles. The number of hydrogen-bond donors (Lipinski definition) is 2. The summed E-state index contributed by atoms with van der Waals surface area (Å²) in [4.78, 5) is 10.8. The highest BCUT2D eigenvalue weighted by Crippen LogP contribution is 2.17. The summed E-state index contributed by atoms with van der Waals surface area (Å²) < 4.78 is 13.2. The van der Waals surface area contributed by atoms with E-state index in [-0.39, 0.29) is 5.82 Å². The molecular weight excluding hydrogens is 319 g/mol. The van der Waals surface area contributed by atoms with Crippen LogP contribution in [0.25, 0.3) is 0 Å². The molecule has 0 unspecified atom stereocenters. The van der Waals surface area contributed by atoms with Crippen molar-refractivity contribution in [3.8, 4) is 0 Å². The molecule has 7 heteroatoms. The number of amidine groups is 1. The molecule has 0 saturated heterocycles. The van der Waals surface area contributed by atoms with Crippen LogP contribution in [-0.2, 0) is 12.8 Å². The van der Waals surface area contributed by atoms with Gasteiger partial charge in [0.25, 0.3) is 0 Å². The summed E-state index contributed by atoms with van der Waals surface area (Å²) >= 11 is 0. The highest BCUT2D eigenvalue weighted by Gasteiger charge is 2.17. The lowest BCUT2D eigenvalue weighted by molar-refractivity contribution is 0.351. The van der Waals surface area contributed by atoms with Crippen molar-refractivity contribution < 1.29 is 4.39 Å². The Labute approximate surface area is 146 Å². The van der Waals surface area contributed by atoms with Crippen molar-refractivity contribution in [1.29, 1.82) is 0 Å². The molecule has 3 rings (SSSR count). The lowest BCUT2D eigenvalue weighted by Gasteiger charge is -2.30. The van der Waals surface area contributed by atoms with Gasteiger partial charge in [0.05, 0.1) is 12.4 Å².